The Hall–Kier alpha value is -4.78. The third-order valence-electron chi connectivity index (χ3n) is 7.94. The minimum absolute atomic E-state index is 0.0252. The molecule has 41 heavy (non-hydrogen) atoms. The Labute approximate surface area is 238 Å². The number of benzene rings is 4. The number of carbonyl (C=O) groups is 3. The van der Waals surface area contributed by atoms with Gasteiger partial charge in [0.2, 0.25) is 5.91 Å². The molecule has 6 rings (SSSR count). The quantitative estimate of drug-likeness (QED) is 0.346. The maximum atomic E-state index is 13.3. The first-order valence-corrected chi connectivity index (χ1v) is 13.7. The van der Waals surface area contributed by atoms with Crippen LogP contribution in [0.5, 0.6) is 0 Å². The molecular weight excluding hydrogens is 517 g/mol. The molecule has 2 saturated heterocycles. The predicted octanol–water partition coefficient (Wildman–Crippen LogP) is 5.20. The number of amides is 3. The largest absolute Gasteiger partial charge is 0.341 e. The summed E-state index contributed by atoms with van der Waals surface area (Å²) in [6.45, 7) is 2.56. The van der Waals surface area contributed by atoms with E-state index in [0.717, 1.165) is 16.7 Å². The van der Waals surface area contributed by atoms with Crippen LogP contribution in [0.2, 0.25) is 0 Å². The van der Waals surface area contributed by atoms with Gasteiger partial charge in [0.25, 0.3) is 11.8 Å². The topological polar surface area (TPSA) is 69.7 Å². The second-order valence-corrected chi connectivity index (χ2v) is 11.1. The summed E-state index contributed by atoms with van der Waals surface area (Å²) in [5.74, 6) is -0.423. The summed E-state index contributed by atoms with van der Waals surface area (Å²) in [4.78, 5) is 42.1. The molecule has 0 unspecified atom stereocenters. The van der Waals surface area contributed by atoms with Crippen molar-refractivity contribution in [3.05, 3.63) is 137 Å². The van der Waals surface area contributed by atoms with Crippen molar-refractivity contribution in [2.24, 2.45) is 5.41 Å². The lowest BCUT2D eigenvalue weighted by Crippen LogP contribution is -2.73. The van der Waals surface area contributed by atoms with Gasteiger partial charge < -0.3 is 15.1 Å². The minimum atomic E-state index is -0.261. The number of carbonyl (C=O) groups excluding carboxylic acids is 3. The second-order valence-electron chi connectivity index (χ2n) is 11.1. The summed E-state index contributed by atoms with van der Waals surface area (Å²) in [5.41, 5.74) is 4.79. The fourth-order valence-corrected chi connectivity index (χ4v) is 5.72. The SMILES string of the molecule is O=C(Nc1ccc(C(=O)N2CC3(CN(C(=O)Cc4ccccc4Cc4ccc(F)cc4)C3)C2)cc1)c1ccccc1. The molecule has 0 aliphatic carbocycles. The Morgan fingerprint density at radius 2 is 1.29 bits per heavy atom. The monoisotopic (exact) mass is 547 g/mol. The molecule has 2 heterocycles. The summed E-state index contributed by atoms with van der Waals surface area (Å²) in [6, 6.07) is 30.3. The number of nitrogens with one attached hydrogen (secondary N) is 1. The van der Waals surface area contributed by atoms with Crippen molar-refractivity contribution < 1.29 is 18.8 Å². The zero-order valence-corrected chi connectivity index (χ0v) is 22.6. The molecule has 0 atom stereocenters. The molecule has 2 aliphatic heterocycles. The van der Waals surface area contributed by atoms with E-state index < -0.39 is 0 Å². The number of hydrogen-bond donors (Lipinski definition) is 1. The maximum Gasteiger partial charge on any atom is 0.255 e. The van der Waals surface area contributed by atoms with E-state index in [-0.39, 0.29) is 29.0 Å². The number of anilines is 1. The van der Waals surface area contributed by atoms with Gasteiger partial charge in [0.1, 0.15) is 5.82 Å². The molecular formula is C34H30FN3O3. The Morgan fingerprint density at radius 1 is 0.683 bits per heavy atom. The van der Waals surface area contributed by atoms with Gasteiger partial charge in [-0.25, -0.2) is 4.39 Å². The van der Waals surface area contributed by atoms with Gasteiger partial charge >= 0.3 is 0 Å². The summed E-state index contributed by atoms with van der Waals surface area (Å²) in [5, 5.41) is 2.85. The van der Waals surface area contributed by atoms with E-state index in [0.29, 0.717) is 55.8 Å². The van der Waals surface area contributed by atoms with Gasteiger partial charge in [-0.15, -0.1) is 0 Å². The van der Waals surface area contributed by atoms with E-state index in [1.54, 1.807) is 48.5 Å². The summed E-state index contributed by atoms with van der Waals surface area (Å²) in [7, 11) is 0. The van der Waals surface area contributed by atoms with Crippen LogP contribution in [0, 0.1) is 11.2 Å². The number of halogens is 1. The smallest absolute Gasteiger partial charge is 0.255 e. The van der Waals surface area contributed by atoms with Crippen LogP contribution in [-0.4, -0.2) is 53.7 Å². The molecule has 1 N–H and O–H groups in total. The molecule has 0 aromatic heterocycles. The molecule has 7 heteroatoms. The number of likely N-dealkylation sites (tertiary alicyclic amines) is 2. The first kappa shape index (κ1) is 26.4. The molecule has 0 radical (unpaired) electrons. The number of rotatable bonds is 7. The summed E-state index contributed by atoms with van der Waals surface area (Å²) < 4.78 is 13.3. The third kappa shape index (κ3) is 5.75. The Kier molecular flexibility index (Phi) is 7.10. The fourth-order valence-electron chi connectivity index (χ4n) is 5.72. The van der Waals surface area contributed by atoms with Crippen LogP contribution >= 0.6 is 0 Å². The number of nitrogens with zero attached hydrogens (tertiary/aromatic N) is 2. The highest BCUT2D eigenvalue weighted by atomic mass is 19.1. The van der Waals surface area contributed by atoms with Crippen LogP contribution in [0.25, 0.3) is 0 Å². The molecule has 0 saturated carbocycles. The van der Waals surface area contributed by atoms with E-state index in [2.05, 4.69) is 5.32 Å². The molecule has 2 aliphatic rings. The average Bonchev–Trinajstić information content (AvgIpc) is 2.94. The van der Waals surface area contributed by atoms with E-state index >= 15 is 0 Å². The molecule has 6 nitrogen and oxygen atoms in total. The predicted molar refractivity (Wildman–Crippen MR) is 155 cm³/mol. The van der Waals surface area contributed by atoms with E-state index in [4.69, 9.17) is 0 Å². The van der Waals surface area contributed by atoms with Crippen molar-refractivity contribution in [1.29, 1.82) is 0 Å². The Balaban J connectivity index is 0.988. The van der Waals surface area contributed by atoms with Crippen LogP contribution < -0.4 is 5.32 Å². The normalized spacial score (nSPS) is 15.1. The van der Waals surface area contributed by atoms with Crippen LogP contribution in [0.3, 0.4) is 0 Å². The highest BCUT2D eigenvalue weighted by Gasteiger charge is 2.54. The van der Waals surface area contributed by atoms with Crippen molar-refractivity contribution in [3.8, 4) is 0 Å². The molecule has 206 valence electrons. The lowest BCUT2D eigenvalue weighted by atomic mass is 9.72. The summed E-state index contributed by atoms with van der Waals surface area (Å²) in [6.07, 6.45) is 0.967. The van der Waals surface area contributed by atoms with E-state index in [1.165, 1.54) is 12.1 Å². The molecule has 4 aromatic carbocycles. The minimum Gasteiger partial charge on any atom is -0.341 e. The van der Waals surface area contributed by atoms with E-state index in [1.807, 2.05) is 52.3 Å². The second kappa shape index (κ2) is 11.0. The van der Waals surface area contributed by atoms with Gasteiger partial charge in [0.05, 0.1) is 6.42 Å². The molecule has 0 bridgehead atoms. The van der Waals surface area contributed by atoms with Crippen molar-refractivity contribution in [1.82, 2.24) is 9.80 Å². The van der Waals surface area contributed by atoms with Crippen molar-refractivity contribution in [3.63, 3.8) is 0 Å². The van der Waals surface area contributed by atoms with Gasteiger partial charge in [-0.1, -0.05) is 54.6 Å². The molecule has 4 aromatic rings. The molecule has 3 amide bonds. The van der Waals surface area contributed by atoms with Crippen LogP contribution in [0.15, 0.2) is 103 Å². The lowest BCUT2D eigenvalue weighted by Gasteiger charge is -2.60. The zero-order chi connectivity index (χ0) is 28.4. The van der Waals surface area contributed by atoms with Gasteiger partial charge in [-0.2, -0.15) is 0 Å². The van der Waals surface area contributed by atoms with Gasteiger partial charge in [-0.05, 0) is 71.6 Å². The standard InChI is InChI=1S/C34H30FN3O3/c35-29-14-10-24(11-15-29)18-27-8-4-5-9-28(27)19-31(39)37-20-34(21-37)22-38(23-34)33(41)26-12-16-30(17-13-26)36-32(40)25-6-2-1-3-7-25/h1-17H,18-23H2,(H,36,40). The highest BCUT2D eigenvalue weighted by Crippen LogP contribution is 2.40. The van der Waals surface area contributed by atoms with Crippen LogP contribution in [-0.2, 0) is 17.6 Å². The van der Waals surface area contributed by atoms with Crippen LogP contribution in [0.1, 0.15) is 37.4 Å². The number of hydrogen-bond acceptors (Lipinski definition) is 3. The first-order chi connectivity index (χ1) is 19.9. The Bertz CT molecular complexity index is 1570. The van der Waals surface area contributed by atoms with Gasteiger partial charge in [0, 0.05) is 48.4 Å². The Morgan fingerprint density at radius 3 is 1.98 bits per heavy atom. The third-order valence-corrected chi connectivity index (χ3v) is 7.94. The molecule has 1 spiro atoms. The van der Waals surface area contributed by atoms with Gasteiger partial charge in [-0.3, -0.25) is 14.4 Å². The van der Waals surface area contributed by atoms with Crippen molar-refractivity contribution in [2.75, 3.05) is 31.5 Å². The van der Waals surface area contributed by atoms with E-state index in [9.17, 15) is 18.8 Å². The maximum absolute atomic E-state index is 13.3. The highest BCUT2D eigenvalue weighted by molar-refractivity contribution is 6.04. The molecule has 2 fully saturated rings. The first-order valence-electron chi connectivity index (χ1n) is 13.7. The average molecular weight is 548 g/mol. The van der Waals surface area contributed by atoms with Crippen molar-refractivity contribution in [2.45, 2.75) is 12.8 Å². The lowest BCUT2D eigenvalue weighted by molar-refractivity contribution is -0.153. The zero-order valence-electron chi connectivity index (χ0n) is 22.6. The van der Waals surface area contributed by atoms with Gasteiger partial charge in [0.15, 0.2) is 0 Å². The summed E-state index contributed by atoms with van der Waals surface area (Å²) >= 11 is 0. The fraction of sp³-hybridized carbons (Fsp3) is 0.206. The van der Waals surface area contributed by atoms with Crippen molar-refractivity contribution >= 4 is 23.4 Å². The van der Waals surface area contributed by atoms with Crippen LogP contribution in [0.4, 0.5) is 10.1 Å².